The van der Waals surface area contributed by atoms with Gasteiger partial charge in [0.05, 0.1) is 20.4 Å². The van der Waals surface area contributed by atoms with Crippen LogP contribution in [0.1, 0.15) is 5.56 Å². The van der Waals surface area contributed by atoms with Crippen LogP contribution >= 0.6 is 15.9 Å². The zero-order valence-electron chi connectivity index (χ0n) is 10.4. The molecule has 1 aromatic carbocycles. The van der Waals surface area contributed by atoms with Gasteiger partial charge in [0.2, 0.25) is 0 Å². The fourth-order valence-corrected chi connectivity index (χ4v) is 2.34. The summed E-state index contributed by atoms with van der Waals surface area (Å²) in [6.07, 6.45) is 1.66. The van der Waals surface area contributed by atoms with Crippen LogP contribution < -0.4 is 15.2 Å². The zero-order valence-corrected chi connectivity index (χ0v) is 12.0. The van der Waals surface area contributed by atoms with Crippen LogP contribution in [-0.2, 0) is 0 Å². The number of nitrogens with two attached hydrogens (primary N) is 1. The number of aromatic amines is 1. The highest BCUT2D eigenvalue weighted by atomic mass is 79.9. The number of halogens is 1. The second-order valence-electron chi connectivity index (χ2n) is 3.82. The lowest BCUT2D eigenvalue weighted by Gasteiger charge is -2.16. The summed E-state index contributed by atoms with van der Waals surface area (Å²) < 4.78 is 11.7. The number of benzene rings is 1. The maximum Gasteiger partial charge on any atom is 0.169 e. The Morgan fingerprint density at radius 1 is 1.33 bits per heavy atom. The van der Waals surface area contributed by atoms with Crippen molar-refractivity contribution in [1.29, 1.82) is 0 Å². The number of nitrogens with zero attached hydrogens (tertiary/aromatic N) is 1. The molecule has 0 aliphatic heterocycles. The lowest BCUT2D eigenvalue weighted by Crippen LogP contribution is -1.97. The predicted molar refractivity (Wildman–Crippen MR) is 74.0 cm³/mol. The van der Waals surface area contributed by atoms with Crippen molar-refractivity contribution < 1.29 is 9.47 Å². The molecule has 0 amide bonds. The highest BCUT2D eigenvalue weighted by molar-refractivity contribution is 9.10. The Morgan fingerprint density at radius 2 is 2.06 bits per heavy atom. The Bertz CT molecular complexity index is 581. The summed E-state index contributed by atoms with van der Waals surface area (Å²) in [6.45, 7) is 1.98. The summed E-state index contributed by atoms with van der Waals surface area (Å²) >= 11 is 3.56. The summed E-state index contributed by atoms with van der Waals surface area (Å²) in [4.78, 5) is 0. The van der Waals surface area contributed by atoms with Gasteiger partial charge in [0.1, 0.15) is 5.82 Å². The van der Waals surface area contributed by atoms with Gasteiger partial charge in [-0.25, -0.2) is 0 Å². The number of aromatic nitrogens is 2. The SMILES string of the molecule is COc1cc(C)c(Br)c(-c2cn[nH]c2N)c1OC. The molecule has 2 aromatic rings. The van der Waals surface area contributed by atoms with Gasteiger partial charge >= 0.3 is 0 Å². The Kier molecular flexibility index (Phi) is 3.47. The van der Waals surface area contributed by atoms with Gasteiger partial charge in [-0.1, -0.05) is 0 Å². The highest BCUT2D eigenvalue weighted by Crippen LogP contribution is 2.45. The van der Waals surface area contributed by atoms with E-state index in [0.717, 1.165) is 21.2 Å². The average molecular weight is 312 g/mol. The molecule has 5 nitrogen and oxygen atoms in total. The second kappa shape index (κ2) is 4.89. The minimum Gasteiger partial charge on any atom is -0.493 e. The molecule has 0 spiro atoms. The normalized spacial score (nSPS) is 10.4. The minimum atomic E-state index is 0.488. The van der Waals surface area contributed by atoms with Gasteiger partial charge in [0, 0.05) is 15.6 Å². The van der Waals surface area contributed by atoms with E-state index in [1.807, 2.05) is 13.0 Å². The quantitative estimate of drug-likeness (QED) is 0.914. The Labute approximate surface area is 113 Å². The summed E-state index contributed by atoms with van der Waals surface area (Å²) in [7, 11) is 3.20. The maximum atomic E-state index is 5.87. The van der Waals surface area contributed by atoms with E-state index >= 15 is 0 Å². The highest BCUT2D eigenvalue weighted by Gasteiger charge is 2.20. The Balaban J connectivity index is 2.79. The number of ether oxygens (including phenoxy) is 2. The number of anilines is 1. The van der Waals surface area contributed by atoms with E-state index in [4.69, 9.17) is 15.2 Å². The lowest BCUT2D eigenvalue weighted by molar-refractivity contribution is 0.355. The molecular formula is C12H14BrN3O2. The first kappa shape index (κ1) is 12.8. The van der Waals surface area contributed by atoms with Gasteiger partial charge in [0.25, 0.3) is 0 Å². The van der Waals surface area contributed by atoms with Crippen LogP contribution in [0.2, 0.25) is 0 Å². The first-order valence-electron chi connectivity index (χ1n) is 5.30. The van der Waals surface area contributed by atoms with Crippen molar-refractivity contribution in [1.82, 2.24) is 10.2 Å². The number of aryl methyl sites for hydroxylation is 1. The second-order valence-corrected chi connectivity index (χ2v) is 4.61. The molecule has 0 atom stereocenters. The van der Waals surface area contributed by atoms with Crippen LogP contribution in [0.25, 0.3) is 11.1 Å². The molecule has 0 radical (unpaired) electrons. The van der Waals surface area contributed by atoms with Crippen molar-refractivity contribution in [2.45, 2.75) is 6.92 Å². The molecule has 0 unspecified atom stereocenters. The van der Waals surface area contributed by atoms with Crippen molar-refractivity contribution >= 4 is 21.7 Å². The molecule has 0 saturated heterocycles. The van der Waals surface area contributed by atoms with Crippen molar-refractivity contribution in [3.8, 4) is 22.6 Å². The standard InChI is InChI=1S/C12H14BrN3O2/c1-6-4-8(17-2)11(18-3)9(10(6)13)7-5-15-16-12(7)14/h4-5H,1-3H3,(H3,14,15,16). The smallest absolute Gasteiger partial charge is 0.169 e. The topological polar surface area (TPSA) is 73.2 Å². The number of H-pyrrole nitrogens is 1. The van der Waals surface area contributed by atoms with Crippen LogP contribution in [0.15, 0.2) is 16.7 Å². The Hall–Kier alpha value is -1.69. The van der Waals surface area contributed by atoms with Gasteiger partial charge in [0.15, 0.2) is 11.5 Å². The third-order valence-electron chi connectivity index (χ3n) is 2.73. The van der Waals surface area contributed by atoms with Crippen molar-refractivity contribution in [2.24, 2.45) is 0 Å². The molecule has 0 saturated carbocycles. The van der Waals surface area contributed by atoms with Crippen LogP contribution in [-0.4, -0.2) is 24.4 Å². The molecule has 6 heteroatoms. The van der Waals surface area contributed by atoms with E-state index in [9.17, 15) is 0 Å². The van der Waals surface area contributed by atoms with Crippen molar-refractivity contribution in [3.63, 3.8) is 0 Å². The minimum absolute atomic E-state index is 0.488. The molecule has 0 aliphatic carbocycles. The summed E-state index contributed by atoms with van der Waals surface area (Å²) in [5, 5.41) is 6.65. The van der Waals surface area contributed by atoms with Crippen LogP contribution in [0.5, 0.6) is 11.5 Å². The van der Waals surface area contributed by atoms with E-state index < -0.39 is 0 Å². The zero-order chi connectivity index (χ0) is 13.3. The Morgan fingerprint density at radius 3 is 2.56 bits per heavy atom. The van der Waals surface area contributed by atoms with E-state index in [0.29, 0.717) is 17.3 Å². The van der Waals surface area contributed by atoms with Crippen LogP contribution in [0.4, 0.5) is 5.82 Å². The van der Waals surface area contributed by atoms with Crippen LogP contribution in [0, 0.1) is 6.92 Å². The molecule has 1 heterocycles. The molecular weight excluding hydrogens is 298 g/mol. The number of nitrogen functional groups attached to an aromatic ring is 1. The molecule has 3 N–H and O–H groups in total. The third-order valence-corrected chi connectivity index (χ3v) is 3.75. The van der Waals surface area contributed by atoms with E-state index in [1.165, 1.54) is 0 Å². The average Bonchev–Trinajstić information content (AvgIpc) is 2.78. The van der Waals surface area contributed by atoms with Gasteiger partial charge in [-0.15, -0.1) is 0 Å². The fourth-order valence-electron chi connectivity index (χ4n) is 1.84. The summed E-state index contributed by atoms with van der Waals surface area (Å²) in [6, 6.07) is 1.91. The molecule has 96 valence electrons. The predicted octanol–water partition coefficient (Wildman–Crippen LogP) is 2.75. The van der Waals surface area contributed by atoms with E-state index in [1.54, 1.807) is 20.4 Å². The number of hydrogen-bond donors (Lipinski definition) is 2. The van der Waals surface area contributed by atoms with Gasteiger partial charge < -0.3 is 15.2 Å². The number of hydrogen-bond acceptors (Lipinski definition) is 4. The number of methoxy groups -OCH3 is 2. The molecule has 0 fully saturated rings. The summed E-state index contributed by atoms with van der Waals surface area (Å²) in [5.74, 6) is 1.78. The third kappa shape index (κ3) is 1.92. The van der Waals surface area contributed by atoms with Gasteiger partial charge in [-0.05, 0) is 34.5 Å². The number of nitrogens with one attached hydrogen (secondary N) is 1. The van der Waals surface area contributed by atoms with E-state index in [2.05, 4.69) is 26.1 Å². The van der Waals surface area contributed by atoms with Gasteiger partial charge in [-0.2, -0.15) is 5.10 Å². The molecule has 1 aromatic heterocycles. The first-order chi connectivity index (χ1) is 8.60. The monoisotopic (exact) mass is 311 g/mol. The van der Waals surface area contributed by atoms with E-state index in [-0.39, 0.29) is 0 Å². The molecule has 2 rings (SSSR count). The van der Waals surface area contributed by atoms with Crippen molar-refractivity contribution in [3.05, 3.63) is 22.3 Å². The first-order valence-corrected chi connectivity index (χ1v) is 6.09. The molecule has 18 heavy (non-hydrogen) atoms. The molecule has 0 bridgehead atoms. The lowest BCUT2D eigenvalue weighted by atomic mass is 10.0. The number of rotatable bonds is 3. The van der Waals surface area contributed by atoms with Gasteiger partial charge in [-0.3, -0.25) is 5.10 Å². The fraction of sp³-hybridized carbons (Fsp3) is 0.250. The summed E-state index contributed by atoms with van der Waals surface area (Å²) in [5.41, 5.74) is 8.51. The van der Waals surface area contributed by atoms with Crippen LogP contribution in [0.3, 0.4) is 0 Å². The largest absolute Gasteiger partial charge is 0.493 e. The molecule has 0 aliphatic rings. The maximum absolute atomic E-state index is 5.87. The van der Waals surface area contributed by atoms with Crippen molar-refractivity contribution in [2.75, 3.05) is 20.0 Å².